The molecular weight excluding hydrogens is 703 g/mol. The highest BCUT2D eigenvalue weighted by Crippen LogP contribution is 2.50. The first kappa shape index (κ1) is 35.9. The standard InChI is InChI=1S/C28H33N8O12PS/c1-13-22(41)15(14(8-37)6-29-13)7-30-25-21-26(32-11-31-25)36(12-33-21)20-5-16(39)18(46-20)10-45-49(43,50)48-23-17(9-38)47-27(24(23)44-2)35-4-3-19(40)34-28(35)42/h3-4,6-7,11-12,16-18,20,23-24,27,37-39,41H,5,8-10H2,1-2H3,(H,43,50)(H,34,40,42)/t16-,17-,18-,20-,23?,24+,27-,49?/m1/s1. The van der Waals surface area contributed by atoms with Crippen molar-refractivity contribution in [2.75, 3.05) is 20.3 Å². The molecule has 6 heterocycles. The molecule has 2 aliphatic heterocycles. The number of H-pyrrole nitrogens is 1. The van der Waals surface area contributed by atoms with Crippen molar-refractivity contribution in [3.8, 4) is 5.75 Å². The number of aryl methyl sites for hydroxylation is 1. The van der Waals surface area contributed by atoms with Gasteiger partial charge in [0.15, 0.2) is 23.2 Å². The summed E-state index contributed by atoms with van der Waals surface area (Å²) in [6.07, 6.45) is -0.523. The lowest BCUT2D eigenvalue weighted by Gasteiger charge is -2.27. The van der Waals surface area contributed by atoms with E-state index in [-0.39, 0.29) is 36.8 Å². The second-order valence-electron chi connectivity index (χ2n) is 11.3. The minimum atomic E-state index is -4.10. The first-order chi connectivity index (χ1) is 23.9. The smallest absolute Gasteiger partial charge is 0.330 e. The van der Waals surface area contributed by atoms with Gasteiger partial charge >= 0.3 is 12.4 Å². The Morgan fingerprint density at radius 1 is 1.16 bits per heavy atom. The molecule has 2 unspecified atom stereocenters. The Balaban J connectivity index is 1.13. The van der Waals surface area contributed by atoms with Crippen LogP contribution in [0.2, 0.25) is 0 Å². The average Bonchev–Trinajstić information content (AvgIpc) is 3.79. The number of hydrogen-bond donors (Lipinski definition) is 6. The summed E-state index contributed by atoms with van der Waals surface area (Å²) in [5.41, 5.74) is 0.211. The van der Waals surface area contributed by atoms with Gasteiger partial charge in [-0.1, -0.05) is 0 Å². The zero-order valence-electron chi connectivity index (χ0n) is 26.4. The van der Waals surface area contributed by atoms with Crippen molar-refractivity contribution in [3.63, 3.8) is 0 Å². The average molecular weight is 737 g/mol. The number of fused-ring (bicyclic) bond motifs is 1. The molecule has 6 N–H and O–H groups in total. The van der Waals surface area contributed by atoms with E-state index >= 15 is 0 Å². The molecule has 22 heteroatoms. The van der Waals surface area contributed by atoms with Crippen molar-refractivity contribution in [2.24, 2.45) is 4.99 Å². The number of aromatic nitrogens is 7. The monoisotopic (exact) mass is 736 g/mol. The van der Waals surface area contributed by atoms with Crippen LogP contribution < -0.4 is 11.2 Å². The van der Waals surface area contributed by atoms with E-state index in [0.29, 0.717) is 22.4 Å². The topological polar surface area (TPSA) is 271 Å². The van der Waals surface area contributed by atoms with Gasteiger partial charge in [-0.3, -0.25) is 28.4 Å². The third kappa shape index (κ3) is 7.16. The molecule has 20 nitrogen and oxygen atoms in total. The van der Waals surface area contributed by atoms with Gasteiger partial charge in [0.05, 0.1) is 37.9 Å². The number of aliphatic hydroxyl groups is 3. The van der Waals surface area contributed by atoms with E-state index in [0.717, 1.165) is 10.6 Å². The predicted octanol–water partition coefficient (Wildman–Crippen LogP) is -0.800. The highest BCUT2D eigenvalue weighted by Gasteiger charge is 2.49. The molecule has 2 aliphatic rings. The Morgan fingerprint density at radius 3 is 2.68 bits per heavy atom. The number of nitrogens with zero attached hydrogens (tertiary/aromatic N) is 7. The number of rotatable bonds is 12. The molecule has 0 radical (unpaired) electrons. The molecule has 6 rings (SSSR count). The zero-order valence-corrected chi connectivity index (χ0v) is 28.1. The van der Waals surface area contributed by atoms with Gasteiger partial charge in [0.25, 0.3) is 5.56 Å². The number of nitrogens with one attached hydrogen (secondary N) is 1. The molecule has 268 valence electrons. The fourth-order valence-electron chi connectivity index (χ4n) is 5.67. The van der Waals surface area contributed by atoms with E-state index in [1.165, 1.54) is 38.4 Å². The minimum Gasteiger partial charge on any atom is -0.505 e. The quantitative estimate of drug-likeness (QED) is 0.0767. The molecule has 50 heavy (non-hydrogen) atoms. The van der Waals surface area contributed by atoms with E-state index in [1.54, 1.807) is 11.5 Å². The molecule has 8 atom stereocenters. The molecule has 2 fully saturated rings. The number of aromatic hydroxyl groups is 1. The second kappa shape index (κ2) is 14.8. The molecule has 0 bridgehead atoms. The predicted molar refractivity (Wildman–Crippen MR) is 174 cm³/mol. The van der Waals surface area contributed by atoms with Crippen LogP contribution in [-0.4, -0.2) is 116 Å². The summed E-state index contributed by atoms with van der Waals surface area (Å²) in [5.74, 6) is 0.0360. The molecular formula is C28H33N8O12PS. The van der Waals surface area contributed by atoms with Crippen LogP contribution in [0.4, 0.5) is 5.82 Å². The maximum Gasteiger partial charge on any atom is 0.330 e. The Labute approximate surface area is 286 Å². The number of aromatic amines is 1. The van der Waals surface area contributed by atoms with Crippen LogP contribution in [0.25, 0.3) is 11.2 Å². The van der Waals surface area contributed by atoms with Gasteiger partial charge in [0, 0.05) is 49.3 Å². The first-order valence-electron chi connectivity index (χ1n) is 15.0. The lowest BCUT2D eigenvalue weighted by atomic mass is 10.1. The first-order valence-corrected chi connectivity index (χ1v) is 17.6. The summed E-state index contributed by atoms with van der Waals surface area (Å²) in [4.78, 5) is 58.2. The van der Waals surface area contributed by atoms with Crippen molar-refractivity contribution in [1.29, 1.82) is 0 Å². The van der Waals surface area contributed by atoms with Gasteiger partial charge in [0.1, 0.15) is 42.7 Å². The van der Waals surface area contributed by atoms with Crippen LogP contribution in [0.5, 0.6) is 5.75 Å². The van der Waals surface area contributed by atoms with Crippen molar-refractivity contribution in [1.82, 2.24) is 34.1 Å². The lowest BCUT2D eigenvalue weighted by Crippen LogP contribution is -2.40. The molecule has 0 saturated carbocycles. The molecule has 4 aromatic rings. The van der Waals surface area contributed by atoms with Gasteiger partial charge in [-0.15, -0.1) is 0 Å². The van der Waals surface area contributed by atoms with Crippen molar-refractivity contribution >= 4 is 41.7 Å². The normalized spacial score (nSPS) is 26.6. The van der Waals surface area contributed by atoms with Crippen LogP contribution in [0.1, 0.15) is 35.7 Å². The summed E-state index contributed by atoms with van der Waals surface area (Å²) < 4.78 is 31.2. The number of imidazole rings is 1. The Bertz CT molecular complexity index is 2060. The minimum absolute atomic E-state index is 0.0890. The third-order valence-corrected chi connectivity index (χ3v) is 9.78. The highest BCUT2D eigenvalue weighted by atomic mass is 32.5. The van der Waals surface area contributed by atoms with Crippen LogP contribution in [0.3, 0.4) is 0 Å². The van der Waals surface area contributed by atoms with E-state index in [2.05, 4.69) is 29.9 Å². The largest absolute Gasteiger partial charge is 0.505 e. The summed E-state index contributed by atoms with van der Waals surface area (Å²) in [6.45, 7) is -3.83. The summed E-state index contributed by atoms with van der Waals surface area (Å²) in [5, 5.41) is 40.9. The van der Waals surface area contributed by atoms with E-state index in [4.69, 9.17) is 35.1 Å². The van der Waals surface area contributed by atoms with E-state index in [1.807, 2.05) is 0 Å². The van der Waals surface area contributed by atoms with Crippen LogP contribution >= 0.6 is 6.72 Å². The van der Waals surface area contributed by atoms with Crippen molar-refractivity contribution in [3.05, 3.63) is 68.8 Å². The summed E-state index contributed by atoms with van der Waals surface area (Å²) in [7, 11) is 1.30. The number of ether oxygens (including phenoxy) is 3. The SMILES string of the molecule is CO[C@H]1C(OP(O)(=S)OC[C@H]2O[C@@H](n3cnc4c(N=Cc5c(CO)cnc(C)c5O)ncnc43)C[C@H]2O)[C@@H](CO)O[C@H]1n1ccc(=O)[nH]c1=O. The molecule has 0 aliphatic carbocycles. The zero-order chi connectivity index (χ0) is 35.7. The summed E-state index contributed by atoms with van der Waals surface area (Å²) >= 11 is 5.23. The van der Waals surface area contributed by atoms with Crippen LogP contribution in [0.15, 0.2) is 45.7 Å². The fourth-order valence-corrected chi connectivity index (χ4v) is 7.11. The fraction of sp³-hybridized carbons (Fsp3) is 0.464. The second-order valence-corrected chi connectivity index (χ2v) is 14.1. The van der Waals surface area contributed by atoms with Gasteiger partial charge in [-0.25, -0.2) is 24.7 Å². The molecule has 0 spiro atoms. The van der Waals surface area contributed by atoms with Gasteiger partial charge < -0.3 is 44.1 Å². The van der Waals surface area contributed by atoms with Crippen LogP contribution in [0, 0.1) is 6.92 Å². The molecule has 0 aromatic carbocycles. The third-order valence-electron chi connectivity index (χ3n) is 8.22. The molecule has 0 amide bonds. The highest BCUT2D eigenvalue weighted by molar-refractivity contribution is 8.07. The molecule has 2 saturated heterocycles. The Hall–Kier alpha value is -3.86. The number of aliphatic imine (C=N–C) groups is 1. The van der Waals surface area contributed by atoms with Gasteiger partial charge in [-0.2, -0.15) is 0 Å². The van der Waals surface area contributed by atoms with Crippen molar-refractivity contribution in [2.45, 2.75) is 62.9 Å². The number of methoxy groups -OCH3 is 1. The van der Waals surface area contributed by atoms with Crippen molar-refractivity contribution < 1.29 is 48.6 Å². The summed E-state index contributed by atoms with van der Waals surface area (Å²) in [6, 6.07) is 1.11. The maximum atomic E-state index is 12.4. The van der Waals surface area contributed by atoms with E-state index < -0.39 is 67.6 Å². The molecule has 4 aromatic heterocycles. The lowest BCUT2D eigenvalue weighted by molar-refractivity contribution is -0.0625. The number of pyridine rings is 1. The van der Waals surface area contributed by atoms with Gasteiger partial charge in [0.2, 0.25) is 0 Å². The maximum absolute atomic E-state index is 12.4. The Morgan fingerprint density at radius 2 is 1.96 bits per heavy atom. The Kier molecular flexibility index (Phi) is 10.6. The van der Waals surface area contributed by atoms with Crippen LogP contribution in [-0.2, 0) is 41.7 Å². The number of hydrogen-bond acceptors (Lipinski definition) is 17. The van der Waals surface area contributed by atoms with E-state index in [9.17, 15) is 34.9 Å². The van der Waals surface area contributed by atoms with Gasteiger partial charge in [-0.05, 0) is 18.7 Å². The number of aliphatic hydroxyl groups excluding tert-OH is 3.